The molecule has 2 aromatic rings. The lowest BCUT2D eigenvalue weighted by Crippen LogP contribution is -2.39. The van der Waals surface area contributed by atoms with Crippen LogP contribution in [0, 0.1) is 5.92 Å². The predicted octanol–water partition coefficient (Wildman–Crippen LogP) is 3.57. The number of nitrogens with zero attached hydrogens (tertiary/aromatic N) is 2. The number of benzene rings is 1. The lowest BCUT2D eigenvalue weighted by Gasteiger charge is -2.32. The number of aromatic nitrogens is 1. The van der Waals surface area contributed by atoms with E-state index >= 15 is 0 Å². The van der Waals surface area contributed by atoms with Crippen molar-refractivity contribution in [3.05, 3.63) is 41.6 Å². The number of hydrogen-bond donors (Lipinski definition) is 1. The van der Waals surface area contributed by atoms with Crippen LogP contribution in [-0.4, -0.2) is 42.5 Å². The number of rotatable bonds is 5. The minimum absolute atomic E-state index is 0.188. The van der Waals surface area contributed by atoms with Gasteiger partial charge in [0.25, 0.3) is 5.91 Å². The minimum Gasteiger partial charge on any atom is -0.339 e. The Labute approximate surface area is 149 Å². The van der Waals surface area contributed by atoms with Crippen molar-refractivity contribution < 1.29 is 4.79 Å². The second-order valence-corrected chi connectivity index (χ2v) is 7.51. The van der Waals surface area contributed by atoms with Crippen molar-refractivity contribution in [1.29, 1.82) is 0 Å². The summed E-state index contributed by atoms with van der Waals surface area (Å²) < 4.78 is 0. The molecule has 1 amide bonds. The number of likely N-dealkylation sites (tertiary alicyclic amines) is 1. The second kappa shape index (κ2) is 7.12. The minimum atomic E-state index is 0.188. The van der Waals surface area contributed by atoms with Gasteiger partial charge >= 0.3 is 0 Å². The summed E-state index contributed by atoms with van der Waals surface area (Å²) in [6.07, 6.45) is 5.85. The average Bonchev–Trinajstić information content (AvgIpc) is 3.50. The molecule has 1 N–H and O–H groups in total. The highest BCUT2D eigenvalue weighted by Gasteiger charge is 2.29. The van der Waals surface area contributed by atoms with Gasteiger partial charge in [0.2, 0.25) is 0 Å². The van der Waals surface area contributed by atoms with Gasteiger partial charge in [0.15, 0.2) is 0 Å². The fourth-order valence-electron chi connectivity index (χ4n) is 3.90. The van der Waals surface area contributed by atoms with Crippen molar-refractivity contribution in [2.45, 2.75) is 38.0 Å². The molecule has 132 valence electrons. The highest BCUT2D eigenvalue weighted by Crippen LogP contribution is 2.40. The molecule has 25 heavy (non-hydrogen) atoms. The van der Waals surface area contributed by atoms with Crippen LogP contribution in [0.25, 0.3) is 10.9 Å². The molecule has 4 rings (SSSR count). The van der Waals surface area contributed by atoms with Gasteiger partial charge in [-0.1, -0.05) is 18.2 Å². The van der Waals surface area contributed by atoms with Gasteiger partial charge in [0.1, 0.15) is 0 Å². The molecule has 4 heteroatoms. The number of piperidine rings is 1. The Morgan fingerprint density at radius 3 is 2.68 bits per heavy atom. The molecule has 1 aliphatic carbocycles. The summed E-state index contributed by atoms with van der Waals surface area (Å²) in [6, 6.07) is 10.1. The quantitative estimate of drug-likeness (QED) is 0.907. The number of amides is 1. The van der Waals surface area contributed by atoms with Gasteiger partial charge in [-0.05, 0) is 63.7 Å². The smallest absolute Gasteiger partial charge is 0.254 e. The van der Waals surface area contributed by atoms with Gasteiger partial charge in [-0.3, -0.25) is 9.78 Å². The third kappa shape index (κ3) is 3.54. The van der Waals surface area contributed by atoms with Crippen molar-refractivity contribution in [3.8, 4) is 0 Å². The van der Waals surface area contributed by atoms with Crippen molar-refractivity contribution >= 4 is 16.8 Å². The van der Waals surface area contributed by atoms with Crippen molar-refractivity contribution in [3.63, 3.8) is 0 Å². The first-order chi connectivity index (χ1) is 12.3. The number of hydrogen-bond acceptors (Lipinski definition) is 3. The second-order valence-electron chi connectivity index (χ2n) is 7.51. The molecule has 2 aliphatic rings. The van der Waals surface area contributed by atoms with Crippen molar-refractivity contribution in [2.24, 2.45) is 5.92 Å². The first kappa shape index (κ1) is 16.5. The zero-order valence-corrected chi connectivity index (χ0v) is 15.0. The number of nitrogens with one attached hydrogen (secondary N) is 1. The van der Waals surface area contributed by atoms with Gasteiger partial charge in [0, 0.05) is 30.1 Å². The Hall–Kier alpha value is -1.94. The topological polar surface area (TPSA) is 45.2 Å². The molecular weight excluding hydrogens is 310 g/mol. The summed E-state index contributed by atoms with van der Waals surface area (Å²) in [5.74, 6) is 1.49. The Morgan fingerprint density at radius 2 is 1.96 bits per heavy atom. The van der Waals surface area contributed by atoms with Crippen molar-refractivity contribution in [1.82, 2.24) is 15.2 Å². The molecule has 1 saturated heterocycles. The predicted molar refractivity (Wildman–Crippen MR) is 101 cm³/mol. The zero-order valence-electron chi connectivity index (χ0n) is 15.0. The molecule has 0 atom stereocenters. The van der Waals surface area contributed by atoms with Gasteiger partial charge in [0.05, 0.1) is 11.1 Å². The first-order valence-corrected chi connectivity index (χ1v) is 9.60. The van der Waals surface area contributed by atoms with Crippen LogP contribution in [0.1, 0.15) is 54.1 Å². The van der Waals surface area contributed by atoms with Crippen LogP contribution in [-0.2, 0) is 0 Å². The summed E-state index contributed by atoms with van der Waals surface area (Å²) in [5.41, 5.74) is 2.91. The Bertz CT molecular complexity index is 761. The van der Waals surface area contributed by atoms with Crippen LogP contribution in [0.5, 0.6) is 0 Å². The molecule has 0 unspecified atom stereocenters. The monoisotopic (exact) mass is 337 g/mol. The van der Waals surface area contributed by atoms with Crippen LogP contribution in [0.3, 0.4) is 0 Å². The van der Waals surface area contributed by atoms with Crippen molar-refractivity contribution in [2.75, 3.05) is 26.7 Å². The summed E-state index contributed by atoms with van der Waals surface area (Å²) in [7, 11) is 2.00. The largest absolute Gasteiger partial charge is 0.339 e. The number of carbonyl (C=O) groups excluding carboxylic acids is 1. The summed E-state index contributed by atoms with van der Waals surface area (Å²) in [4.78, 5) is 20.1. The third-order valence-electron chi connectivity index (χ3n) is 5.67. The van der Waals surface area contributed by atoms with Gasteiger partial charge in [-0.15, -0.1) is 0 Å². The summed E-state index contributed by atoms with van der Waals surface area (Å²) in [5, 5.41) is 4.22. The molecule has 0 bridgehead atoms. The van der Waals surface area contributed by atoms with E-state index in [1.165, 1.54) is 19.3 Å². The number of fused-ring (bicyclic) bond motifs is 1. The normalized spacial score (nSPS) is 18.7. The van der Waals surface area contributed by atoms with E-state index in [1.54, 1.807) is 0 Å². The van der Waals surface area contributed by atoms with Crippen LogP contribution >= 0.6 is 0 Å². The molecule has 1 aliphatic heterocycles. The van der Waals surface area contributed by atoms with E-state index in [9.17, 15) is 4.79 Å². The standard InChI is InChI=1S/C21H27N3O/c1-22-11-8-15-9-12-24(13-10-15)21(25)18-14-20(16-6-7-16)23-19-5-3-2-4-17(18)19/h2-5,14-16,22H,6-13H2,1H3. The first-order valence-electron chi connectivity index (χ1n) is 9.60. The average molecular weight is 337 g/mol. The van der Waals surface area contributed by atoms with Crippen LogP contribution < -0.4 is 5.32 Å². The Kier molecular flexibility index (Phi) is 4.71. The van der Waals surface area contributed by atoms with E-state index in [4.69, 9.17) is 4.98 Å². The summed E-state index contributed by atoms with van der Waals surface area (Å²) in [6.45, 7) is 2.82. The van der Waals surface area contributed by atoms with Gasteiger partial charge < -0.3 is 10.2 Å². The van der Waals surface area contributed by atoms with Crippen LogP contribution in [0.15, 0.2) is 30.3 Å². The zero-order chi connectivity index (χ0) is 17.2. The highest BCUT2D eigenvalue weighted by molar-refractivity contribution is 6.06. The number of pyridine rings is 1. The summed E-state index contributed by atoms with van der Waals surface area (Å²) >= 11 is 0. The Balaban J connectivity index is 1.56. The maximum Gasteiger partial charge on any atom is 0.254 e. The number of carbonyl (C=O) groups is 1. The van der Waals surface area contributed by atoms with E-state index in [-0.39, 0.29) is 5.91 Å². The van der Waals surface area contributed by atoms with E-state index in [0.717, 1.165) is 60.6 Å². The van der Waals surface area contributed by atoms with Gasteiger partial charge in [-0.25, -0.2) is 0 Å². The Morgan fingerprint density at radius 1 is 1.20 bits per heavy atom. The van der Waals surface area contributed by atoms with E-state index in [2.05, 4.69) is 11.4 Å². The maximum atomic E-state index is 13.2. The molecule has 2 fully saturated rings. The molecule has 4 nitrogen and oxygen atoms in total. The van der Waals surface area contributed by atoms with E-state index in [1.807, 2.05) is 36.2 Å². The SMILES string of the molecule is CNCCC1CCN(C(=O)c2cc(C3CC3)nc3ccccc23)CC1. The lowest BCUT2D eigenvalue weighted by atomic mass is 9.93. The molecule has 1 saturated carbocycles. The molecule has 1 aromatic carbocycles. The fourth-order valence-corrected chi connectivity index (χ4v) is 3.90. The van der Waals surface area contributed by atoms with E-state index in [0.29, 0.717) is 5.92 Å². The fraction of sp³-hybridized carbons (Fsp3) is 0.524. The molecule has 1 aromatic heterocycles. The lowest BCUT2D eigenvalue weighted by molar-refractivity contribution is 0.0689. The molecule has 0 spiro atoms. The molecular formula is C21H27N3O. The van der Waals surface area contributed by atoms with Crippen LogP contribution in [0.4, 0.5) is 0 Å². The van der Waals surface area contributed by atoms with E-state index < -0.39 is 0 Å². The maximum absolute atomic E-state index is 13.2. The van der Waals surface area contributed by atoms with Gasteiger partial charge in [-0.2, -0.15) is 0 Å². The van der Waals surface area contributed by atoms with Crippen LogP contribution in [0.2, 0.25) is 0 Å². The molecule has 2 heterocycles. The highest BCUT2D eigenvalue weighted by atomic mass is 16.2. The third-order valence-corrected chi connectivity index (χ3v) is 5.67. The molecule has 0 radical (unpaired) electrons. The number of para-hydroxylation sites is 1.